The molecule has 8 heteroatoms. The first-order chi connectivity index (χ1) is 19.8. The zero-order chi connectivity index (χ0) is 27.0. The van der Waals surface area contributed by atoms with Crippen LogP contribution in [-0.4, -0.2) is 30.0 Å². The Labute approximate surface area is 232 Å². The van der Waals surface area contributed by atoms with Crippen LogP contribution in [0, 0.1) is 0 Å². The molecular formula is C32H30N6O2. The number of hydrogen-bond donors (Lipinski definition) is 0. The van der Waals surface area contributed by atoms with Gasteiger partial charge >= 0.3 is 0 Å². The predicted molar refractivity (Wildman–Crippen MR) is 152 cm³/mol. The molecule has 0 fully saturated rings. The lowest BCUT2D eigenvalue weighted by Crippen LogP contribution is -2.05. The second-order valence-corrected chi connectivity index (χ2v) is 9.70. The first-order valence-electron chi connectivity index (χ1n) is 13.3. The molecule has 0 saturated carbocycles. The van der Waals surface area contributed by atoms with Crippen molar-refractivity contribution in [2.45, 2.75) is 39.5 Å². The Bertz CT molecular complexity index is 1540. The van der Waals surface area contributed by atoms with Crippen molar-refractivity contribution in [1.82, 2.24) is 30.0 Å². The second kappa shape index (κ2) is 12.5. The minimum atomic E-state index is 0.416. The number of nitrogens with zero attached hydrogens (tertiary/aromatic N) is 6. The smallest absolute Gasteiger partial charge is 0.108 e. The minimum Gasteiger partial charge on any atom is -0.370 e. The van der Waals surface area contributed by atoms with E-state index in [-0.39, 0.29) is 0 Å². The van der Waals surface area contributed by atoms with Gasteiger partial charge in [0.1, 0.15) is 11.4 Å². The Morgan fingerprint density at radius 3 is 1.45 bits per heavy atom. The first-order valence-corrected chi connectivity index (χ1v) is 13.3. The molecule has 0 bridgehead atoms. The third kappa shape index (κ3) is 6.48. The van der Waals surface area contributed by atoms with Crippen molar-refractivity contribution in [1.29, 1.82) is 0 Å². The Balaban J connectivity index is 1.11. The van der Waals surface area contributed by atoms with Crippen LogP contribution in [0.2, 0.25) is 0 Å². The number of rotatable bonds is 12. The standard InChI is InChI=1S/C32H30N6O2/c1-3-9-25(10-4-1)21-39-23-30-19-37(35-33-30)17-28-15-7-13-27-14-8-16-29(32(27)28)18-38-20-31(34-36-38)24-40-22-26-11-5-2-6-12-26/h1-16,19-20H,17-18,21-24H2. The van der Waals surface area contributed by atoms with Crippen LogP contribution in [-0.2, 0) is 49.0 Å². The molecule has 0 unspecified atom stereocenters. The summed E-state index contributed by atoms with van der Waals surface area (Å²) in [6.45, 7) is 3.14. The van der Waals surface area contributed by atoms with E-state index in [4.69, 9.17) is 9.47 Å². The molecule has 0 radical (unpaired) electrons. The molecule has 0 amide bonds. The quantitative estimate of drug-likeness (QED) is 0.206. The first kappa shape index (κ1) is 25.6. The fourth-order valence-electron chi connectivity index (χ4n) is 4.77. The number of fused-ring (bicyclic) bond motifs is 1. The Morgan fingerprint density at radius 1 is 0.500 bits per heavy atom. The maximum Gasteiger partial charge on any atom is 0.108 e. The van der Waals surface area contributed by atoms with Gasteiger partial charge in [0.2, 0.25) is 0 Å². The van der Waals surface area contributed by atoms with Gasteiger partial charge in [-0.3, -0.25) is 0 Å². The third-order valence-electron chi connectivity index (χ3n) is 6.64. The lowest BCUT2D eigenvalue weighted by molar-refractivity contribution is 0.104. The summed E-state index contributed by atoms with van der Waals surface area (Å²) in [4.78, 5) is 0. The predicted octanol–water partition coefficient (Wildman–Crippen LogP) is 5.55. The summed E-state index contributed by atoms with van der Waals surface area (Å²) in [6.07, 6.45) is 3.90. The molecule has 200 valence electrons. The van der Waals surface area contributed by atoms with E-state index in [0.717, 1.165) is 22.5 Å². The van der Waals surface area contributed by atoms with Crippen molar-refractivity contribution < 1.29 is 9.47 Å². The largest absolute Gasteiger partial charge is 0.370 e. The number of hydrogen-bond acceptors (Lipinski definition) is 6. The van der Waals surface area contributed by atoms with Crippen LogP contribution in [0.4, 0.5) is 0 Å². The lowest BCUT2D eigenvalue weighted by Gasteiger charge is -2.12. The fraction of sp³-hybridized carbons (Fsp3) is 0.188. The van der Waals surface area contributed by atoms with Crippen LogP contribution >= 0.6 is 0 Å². The topological polar surface area (TPSA) is 79.9 Å². The Hall–Kier alpha value is -4.66. The van der Waals surface area contributed by atoms with Gasteiger partial charge in [0.05, 0.1) is 51.9 Å². The molecule has 0 saturated heterocycles. The van der Waals surface area contributed by atoms with E-state index < -0.39 is 0 Å². The van der Waals surface area contributed by atoms with Gasteiger partial charge in [-0.25, -0.2) is 9.36 Å². The van der Waals surface area contributed by atoms with Crippen molar-refractivity contribution in [3.05, 3.63) is 143 Å². The molecule has 40 heavy (non-hydrogen) atoms. The van der Waals surface area contributed by atoms with E-state index in [2.05, 4.69) is 81.3 Å². The van der Waals surface area contributed by atoms with Crippen LogP contribution in [0.15, 0.2) is 109 Å². The summed E-state index contributed by atoms with van der Waals surface area (Å²) in [6, 6.07) is 33.0. The molecule has 2 aromatic heterocycles. The summed E-state index contributed by atoms with van der Waals surface area (Å²) < 4.78 is 15.4. The van der Waals surface area contributed by atoms with Crippen molar-refractivity contribution in [3.63, 3.8) is 0 Å². The van der Waals surface area contributed by atoms with Gasteiger partial charge in [0, 0.05) is 0 Å². The van der Waals surface area contributed by atoms with Gasteiger partial charge < -0.3 is 9.47 Å². The SMILES string of the molecule is c1ccc(COCc2cn(Cc3cccc4cccc(Cn5cc(COCc6ccccc6)nn5)c34)nn2)cc1. The average Bonchev–Trinajstić information content (AvgIpc) is 3.63. The molecule has 6 aromatic rings. The van der Waals surface area contributed by atoms with Gasteiger partial charge in [-0.1, -0.05) is 107 Å². The van der Waals surface area contributed by atoms with Crippen molar-refractivity contribution in [2.24, 2.45) is 0 Å². The van der Waals surface area contributed by atoms with Crippen molar-refractivity contribution in [2.75, 3.05) is 0 Å². The second-order valence-electron chi connectivity index (χ2n) is 9.70. The summed E-state index contributed by atoms with van der Waals surface area (Å²) >= 11 is 0. The van der Waals surface area contributed by atoms with Gasteiger partial charge in [0.15, 0.2) is 0 Å². The van der Waals surface area contributed by atoms with E-state index in [9.17, 15) is 0 Å². The Morgan fingerprint density at radius 2 is 0.975 bits per heavy atom. The molecule has 4 aromatic carbocycles. The highest BCUT2D eigenvalue weighted by atomic mass is 16.5. The van der Waals surface area contributed by atoms with E-state index in [0.29, 0.717) is 39.5 Å². The van der Waals surface area contributed by atoms with E-state index >= 15 is 0 Å². The number of aromatic nitrogens is 6. The van der Waals surface area contributed by atoms with Crippen LogP contribution in [0.3, 0.4) is 0 Å². The summed E-state index contributed by atoms with van der Waals surface area (Å²) in [7, 11) is 0. The van der Waals surface area contributed by atoms with Gasteiger partial charge in [-0.05, 0) is 33.0 Å². The van der Waals surface area contributed by atoms with E-state index in [1.807, 2.05) is 58.2 Å². The van der Waals surface area contributed by atoms with Crippen molar-refractivity contribution >= 4 is 10.8 Å². The molecule has 6 rings (SSSR count). The highest BCUT2D eigenvalue weighted by molar-refractivity contribution is 5.89. The number of ether oxygens (including phenoxy) is 2. The van der Waals surface area contributed by atoms with Gasteiger partial charge in [-0.2, -0.15) is 0 Å². The third-order valence-corrected chi connectivity index (χ3v) is 6.64. The van der Waals surface area contributed by atoms with Crippen LogP contribution in [0.1, 0.15) is 33.6 Å². The molecule has 0 aliphatic heterocycles. The zero-order valence-electron chi connectivity index (χ0n) is 22.1. The summed E-state index contributed by atoms with van der Waals surface area (Å²) in [5, 5.41) is 19.7. The highest BCUT2D eigenvalue weighted by Crippen LogP contribution is 2.25. The zero-order valence-corrected chi connectivity index (χ0v) is 22.1. The highest BCUT2D eigenvalue weighted by Gasteiger charge is 2.11. The van der Waals surface area contributed by atoms with Gasteiger partial charge in [-0.15, -0.1) is 10.2 Å². The summed E-state index contributed by atoms with van der Waals surface area (Å²) in [5.74, 6) is 0. The molecule has 2 heterocycles. The van der Waals surface area contributed by atoms with Crippen LogP contribution in [0.5, 0.6) is 0 Å². The lowest BCUT2D eigenvalue weighted by atomic mass is 9.99. The molecule has 0 N–H and O–H groups in total. The van der Waals surface area contributed by atoms with Gasteiger partial charge in [0.25, 0.3) is 0 Å². The minimum absolute atomic E-state index is 0.416. The maximum atomic E-state index is 5.83. The monoisotopic (exact) mass is 530 g/mol. The van der Waals surface area contributed by atoms with E-state index in [1.54, 1.807) is 0 Å². The molecule has 0 aliphatic rings. The summed E-state index contributed by atoms with van der Waals surface area (Å²) in [5.41, 5.74) is 6.22. The Kier molecular flexibility index (Phi) is 7.98. The number of benzene rings is 4. The molecule has 0 spiro atoms. The maximum absolute atomic E-state index is 5.83. The average molecular weight is 531 g/mol. The van der Waals surface area contributed by atoms with E-state index in [1.165, 1.54) is 21.9 Å². The molecule has 8 nitrogen and oxygen atoms in total. The van der Waals surface area contributed by atoms with Crippen LogP contribution < -0.4 is 0 Å². The van der Waals surface area contributed by atoms with Crippen LogP contribution in [0.25, 0.3) is 10.8 Å². The molecule has 0 atom stereocenters. The normalized spacial score (nSPS) is 11.3. The van der Waals surface area contributed by atoms with Crippen molar-refractivity contribution in [3.8, 4) is 0 Å². The fourth-order valence-corrected chi connectivity index (χ4v) is 4.77. The molecule has 0 aliphatic carbocycles. The molecular weight excluding hydrogens is 500 g/mol.